The number of fused-ring (bicyclic) bond motifs is 7. The van der Waals surface area contributed by atoms with E-state index in [0.29, 0.717) is 17.5 Å². The molecule has 10 aromatic carbocycles. The molecule has 3 heteroatoms. The summed E-state index contributed by atoms with van der Waals surface area (Å²) in [6.45, 7) is 2.35. The molecular weight excluding hydrogens is 751 g/mol. The molecule has 0 aliphatic heterocycles. The van der Waals surface area contributed by atoms with Crippen LogP contribution in [0.15, 0.2) is 218 Å². The molecule has 290 valence electrons. The molecule has 1 unspecified atom stereocenters. The lowest BCUT2D eigenvalue weighted by Crippen LogP contribution is -2.22. The molecule has 1 aromatic heterocycles. The van der Waals surface area contributed by atoms with Gasteiger partial charge in [0.2, 0.25) is 0 Å². The zero-order chi connectivity index (χ0) is 41.2. The maximum Gasteiger partial charge on any atom is 0.164 e. The Balaban J connectivity index is 1.05. The van der Waals surface area contributed by atoms with E-state index in [1.807, 2.05) is 6.07 Å². The summed E-state index contributed by atoms with van der Waals surface area (Å²) in [5.74, 6) is 1.91. The minimum Gasteiger partial charge on any atom is -0.208 e. The van der Waals surface area contributed by atoms with Crippen LogP contribution in [0.4, 0.5) is 0 Å². The van der Waals surface area contributed by atoms with Crippen LogP contribution in [-0.4, -0.2) is 15.0 Å². The Morgan fingerprint density at radius 2 is 0.887 bits per heavy atom. The van der Waals surface area contributed by atoms with E-state index in [2.05, 4.69) is 219 Å². The molecular formula is C59H39N3. The molecule has 0 spiro atoms. The molecule has 0 radical (unpaired) electrons. The summed E-state index contributed by atoms with van der Waals surface area (Å²) >= 11 is 0. The van der Waals surface area contributed by atoms with E-state index < -0.39 is 0 Å². The fourth-order valence-electron chi connectivity index (χ4n) is 9.95. The Morgan fingerprint density at radius 3 is 1.71 bits per heavy atom. The second-order valence-corrected chi connectivity index (χ2v) is 16.4. The zero-order valence-electron chi connectivity index (χ0n) is 34.1. The monoisotopic (exact) mass is 789 g/mol. The van der Waals surface area contributed by atoms with Gasteiger partial charge < -0.3 is 0 Å². The first kappa shape index (κ1) is 35.9. The van der Waals surface area contributed by atoms with Gasteiger partial charge in [0, 0.05) is 22.1 Å². The van der Waals surface area contributed by atoms with Crippen molar-refractivity contribution in [3.05, 3.63) is 235 Å². The Hall–Kier alpha value is -8.01. The van der Waals surface area contributed by atoms with Gasteiger partial charge >= 0.3 is 0 Å². The predicted octanol–water partition coefficient (Wildman–Crippen LogP) is 15.0. The predicted molar refractivity (Wildman–Crippen MR) is 257 cm³/mol. The number of nitrogens with zero attached hydrogens (tertiary/aromatic N) is 3. The first-order valence-electron chi connectivity index (χ1n) is 21.3. The van der Waals surface area contributed by atoms with Crippen molar-refractivity contribution in [3.63, 3.8) is 0 Å². The molecule has 11 aromatic rings. The molecule has 62 heavy (non-hydrogen) atoms. The van der Waals surface area contributed by atoms with Gasteiger partial charge in [0.1, 0.15) is 0 Å². The Bertz CT molecular complexity index is 3520. The van der Waals surface area contributed by atoms with Gasteiger partial charge in [-0.3, -0.25) is 0 Å². The molecule has 3 nitrogen and oxygen atoms in total. The standard InChI is InChI=1S/C59H39N3/c1-59(45-22-6-3-7-23-45)52-28-13-12-26-49(52)55-50(27-15-29-53(55)59)58-61-56(60-57(62-58)44-21-14-20-42(36-44)38-16-4-2-5-17-38)41-32-30-40(31-33-41)54-47-25-11-9-19-43(47)37-51-46-24-10-8-18-39(46)34-35-48(51)54/h2-37H,1H3. The number of hydrogen-bond acceptors (Lipinski definition) is 3. The lowest BCUT2D eigenvalue weighted by molar-refractivity contribution is 0.714. The van der Waals surface area contributed by atoms with Crippen LogP contribution in [0.5, 0.6) is 0 Å². The van der Waals surface area contributed by atoms with E-state index in [-0.39, 0.29) is 5.41 Å². The minimum absolute atomic E-state index is 0.347. The van der Waals surface area contributed by atoms with Gasteiger partial charge in [0.25, 0.3) is 0 Å². The fraction of sp³-hybridized carbons (Fsp3) is 0.0339. The fourth-order valence-corrected chi connectivity index (χ4v) is 9.95. The summed E-state index contributed by atoms with van der Waals surface area (Å²) in [5.41, 5.74) is 13.3. The highest BCUT2D eigenvalue weighted by Crippen LogP contribution is 2.55. The minimum atomic E-state index is -0.347. The van der Waals surface area contributed by atoms with Crippen LogP contribution in [0.2, 0.25) is 0 Å². The maximum absolute atomic E-state index is 5.37. The quantitative estimate of drug-likeness (QED) is 0.124. The molecule has 0 fully saturated rings. The van der Waals surface area contributed by atoms with Gasteiger partial charge in [-0.25, -0.2) is 15.0 Å². The van der Waals surface area contributed by atoms with Crippen molar-refractivity contribution < 1.29 is 0 Å². The van der Waals surface area contributed by atoms with Crippen molar-refractivity contribution in [1.29, 1.82) is 0 Å². The van der Waals surface area contributed by atoms with Gasteiger partial charge in [0.05, 0.1) is 0 Å². The number of hydrogen-bond donors (Lipinski definition) is 0. The van der Waals surface area contributed by atoms with E-state index in [1.54, 1.807) is 0 Å². The van der Waals surface area contributed by atoms with Crippen molar-refractivity contribution in [2.24, 2.45) is 0 Å². The third-order valence-corrected chi connectivity index (χ3v) is 13.0. The van der Waals surface area contributed by atoms with E-state index >= 15 is 0 Å². The first-order chi connectivity index (χ1) is 30.6. The average molecular weight is 790 g/mol. The molecule has 1 aliphatic carbocycles. The van der Waals surface area contributed by atoms with Gasteiger partial charge in [-0.1, -0.05) is 206 Å². The van der Waals surface area contributed by atoms with Crippen LogP contribution < -0.4 is 0 Å². The van der Waals surface area contributed by atoms with Crippen LogP contribution in [-0.2, 0) is 5.41 Å². The highest BCUT2D eigenvalue weighted by atomic mass is 15.0. The highest BCUT2D eigenvalue weighted by Gasteiger charge is 2.42. The Labute approximate surface area is 360 Å². The van der Waals surface area contributed by atoms with Crippen molar-refractivity contribution in [3.8, 4) is 67.5 Å². The first-order valence-corrected chi connectivity index (χ1v) is 21.3. The van der Waals surface area contributed by atoms with Gasteiger partial charge in [-0.05, 0) is 101 Å². The molecule has 1 aliphatic rings. The molecule has 1 atom stereocenters. The molecule has 0 N–H and O–H groups in total. The second kappa shape index (κ2) is 14.3. The smallest absolute Gasteiger partial charge is 0.164 e. The van der Waals surface area contributed by atoms with Crippen molar-refractivity contribution in [2.75, 3.05) is 0 Å². The van der Waals surface area contributed by atoms with Crippen molar-refractivity contribution in [2.45, 2.75) is 12.3 Å². The Kier molecular flexibility index (Phi) is 8.29. The third kappa shape index (κ3) is 5.70. The molecule has 0 amide bonds. The number of benzene rings is 10. The molecule has 0 bridgehead atoms. The van der Waals surface area contributed by atoms with Gasteiger partial charge in [-0.15, -0.1) is 0 Å². The molecule has 12 rings (SSSR count). The van der Waals surface area contributed by atoms with Crippen LogP contribution in [0.25, 0.3) is 99.9 Å². The largest absolute Gasteiger partial charge is 0.208 e. The normalized spacial score (nSPS) is 14.3. The number of aromatic nitrogens is 3. The molecule has 0 saturated carbocycles. The second-order valence-electron chi connectivity index (χ2n) is 16.4. The Morgan fingerprint density at radius 1 is 0.306 bits per heavy atom. The lowest BCUT2D eigenvalue weighted by atomic mass is 9.74. The molecule has 0 saturated heterocycles. The SMILES string of the molecule is CC1(c2ccccc2)c2ccccc2-c2c(-c3nc(-c4ccc(-c5c6ccccc6cc6c5ccc5ccccc56)cc4)nc(-c4cccc(-c5ccccc5)c4)n3)cccc21. The number of rotatable bonds is 6. The van der Waals surface area contributed by atoms with E-state index in [9.17, 15) is 0 Å². The third-order valence-electron chi connectivity index (χ3n) is 13.0. The average Bonchev–Trinajstić information content (AvgIpc) is 3.62. The van der Waals surface area contributed by atoms with Crippen LogP contribution in [0, 0.1) is 0 Å². The van der Waals surface area contributed by atoms with Crippen LogP contribution in [0.3, 0.4) is 0 Å². The van der Waals surface area contributed by atoms with Crippen molar-refractivity contribution in [1.82, 2.24) is 15.0 Å². The summed E-state index contributed by atoms with van der Waals surface area (Å²) in [5, 5.41) is 7.44. The van der Waals surface area contributed by atoms with E-state index in [4.69, 9.17) is 15.0 Å². The van der Waals surface area contributed by atoms with Gasteiger partial charge in [0.15, 0.2) is 17.5 Å². The van der Waals surface area contributed by atoms with Crippen LogP contribution in [0.1, 0.15) is 23.6 Å². The summed E-state index contributed by atoms with van der Waals surface area (Å²) in [6, 6.07) is 78.3. The van der Waals surface area contributed by atoms with Gasteiger partial charge in [-0.2, -0.15) is 0 Å². The highest BCUT2D eigenvalue weighted by molar-refractivity contribution is 6.20. The zero-order valence-corrected chi connectivity index (χ0v) is 34.1. The topological polar surface area (TPSA) is 38.7 Å². The van der Waals surface area contributed by atoms with Crippen molar-refractivity contribution >= 4 is 32.3 Å². The lowest BCUT2D eigenvalue weighted by Gasteiger charge is -2.28. The van der Waals surface area contributed by atoms with Crippen LogP contribution >= 0.6 is 0 Å². The summed E-state index contributed by atoms with van der Waals surface area (Å²) < 4.78 is 0. The summed E-state index contributed by atoms with van der Waals surface area (Å²) in [6.07, 6.45) is 0. The van der Waals surface area contributed by atoms with E-state index in [1.165, 1.54) is 65.7 Å². The maximum atomic E-state index is 5.37. The summed E-state index contributed by atoms with van der Waals surface area (Å²) in [4.78, 5) is 16.0. The van der Waals surface area contributed by atoms with E-state index in [0.717, 1.165) is 33.4 Å². The molecule has 1 heterocycles. The summed E-state index contributed by atoms with van der Waals surface area (Å²) in [7, 11) is 0.